The first kappa shape index (κ1) is 14.4. The molecule has 0 saturated heterocycles. The second-order valence-corrected chi connectivity index (χ2v) is 4.63. The number of aliphatic hydroxyl groups excluding tert-OH is 1. The van der Waals surface area contributed by atoms with E-state index in [0.717, 1.165) is 23.5 Å². The number of methoxy groups -OCH3 is 1. The molecule has 0 radical (unpaired) electrons. The number of hydrogen-bond acceptors (Lipinski definition) is 3. The Bertz CT molecular complexity index is 528. The lowest BCUT2D eigenvalue weighted by Gasteiger charge is -2.26. The standard InChI is InChI=1S/C17H21NO2/c1-3-18(14-9-5-4-6-10-14)13-16(19)15-11-7-8-12-17(15)20-2/h4-12,16,19H,3,13H2,1-2H3. The minimum absolute atomic E-state index is 0.543. The molecule has 0 amide bonds. The Morgan fingerprint density at radius 3 is 2.35 bits per heavy atom. The molecule has 0 heterocycles. The van der Waals surface area contributed by atoms with Gasteiger partial charge >= 0.3 is 0 Å². The van der Waals surface area contributed by atoms with Gasteiger partial charge in [0.2, 0.25) is 0 Å². The third-order valence-electron chi connectivity index (χ3n) is 3.39. The molecule has 20 heavy (non-hydrogen) atoms. The van der Waals surface area contributed by atoms with Crippen molar-refractivity contribution in [1.29, 1.82) is 0 Å². The summed E-state index contributed by atoms with van der Waals surface area (Å²) in [6, 6.07) is 17.7. The fourth-order valence-corrected chi connectivity index (χ4v) is 2.30. The summed E-state index contributed by atoms with van der Waals surface area (Å²) in [6.45, 7) is 3.47. The number of para-hydroxylation sites is 2. The number of ether oxygens (including phenoxy) is 1. The Kier molecular flexibility index (Phi) is 5.02. The van der Waals surface area contributed by atoms with Crippen molar-refractivity contribution in [2.45, 2.75) is 13.0 Å². The van der Waals surface area contributed by atoms with Crippen LogP contribution in [-0.4, -0.2) is 25.3 Å². The monoisotopic (exact) mass is 271 g/mol. The molecular formula is C17H21NO2. The smallest absolute Gasteiger partial charge is 0.124 e. The van der Waals surface area contributed by atoms with E-state index in [1.54, 1.807) is 7.11 Å². The van der Waals surface area contributed by atoms with Crippen LogP contribution in [0.25, 0.3) is 0 Å². The highest BCUT2D eigenvalue weighted by Crippen LogP contribution is 2.26. The zero-order valence-electron chi connectivity index (χ0n) is 12.0. The van der Waals surface area contributed by atoms with Crippen LogP contribution in [0.2, 0.25) is 0 Å². The molecule has 106 valence electrons. The molecule has 0 bridgehead atoms. The van der Waals surface area contributed by atoms with E-state index in [-0.39, 0.29) is 0 Å². The summed E-state index contributed by atoms with van der Waals surface area (Å²) in [5.41, 5.74) is 1.94. The van der Waals surface area contributed by atoms with Crippen molar-refractivity contribution in [3.8, 4) is 5.75 Å². The second-order valence-electron chi connectivity index (χ2n) is 4.63. The molecule has 0 aliphatic carbocycles. The normalized spacial score (nSPS) is 11.9. The van der Waals surface area contributed by atoms with Crippen molar-refractivity contribution >= 4 is 5.69 Å². The molecule has 0 aromatic heterocycles. The predicted octanol–water partition coefficient (Wildman–Crippen LogP) is 3.26. The van der Waals surface area contributed by atoms with Gasteiger partial charge in [-0.25, -0.2) is 0 Å². The number of anilines is 1. The van der Waals surface area contributed by atoms with Crippen LogP contribution in [0.4, 0.5) is 5.69 Å². The number of rotatable bonds is 6. The molecule has 1 atom stereocenters. The summed E-state index contributed by atoms with van der Waals surface area (Å²) < 4.78 is 5.31. The van der Waals surface area contributed by atoms with E-state index >= 15 is 0 Å². The van der Waals surface area contributed by atoms with Crippen LogP contribution < -0.4 is 9.64 Å². The highest BCUT2D eigenvalue weighted by molar-refractivity contribution is 5.46. The Labute approximate surface area is 120 Å². The van der Waals surface area contributed by atoms with Crippen LogP contribution in [0, 0.1) is 0 Å². The topological polar surface area (TPSA) is 32.7 Å². The Morgan fingerprint density at radius 1 is 1.05 bits per heavy atom. The fraction of sp³-hybridized carbons (Fsp3) is 0.294. The van der Waals surface area contributed by atoms with Crippen molar-refractivity contribution in [2.24, 2.45) is 0 Å². The average Bonchev–Trinajstić information content (AvgIpc) is 2.53. The van der Waals surface area contributed by atoms with Crippen LogP contribution in [0.3, 0.4) is 0 Å². The minimum atomic E-state index is -0.577. The maximum absolute atomic E-state index is 10.5. The number of likely N-dealkylation sites (N-methyl/N-ethyl adjacent to an activating group) is 1. The molecule has 0 aliphatic rings. The van der Waals surface area contributed by atoms with Crippen molar-refractivity contribution < 1.29 is 9.84 Å². The average molecular weight is 271 g/mol. The zero-order chi connectivity index (χ0) is 14.4. The number of aliphatic hydroxyl groups is 1. The van der Waals surface area contributed by atoms with E-state index in [1.165, 1.54) is 0 Å². The van der Waals surface area contributed by atoms with Gasteiger partial charge in [0.05, 0.1) is 7.11 Å². The second kappa shape index (κ2) is 6.96. The van der Waals surface area contributed by atoms with Gasteiger partial charge in [0.15, 0.2) is 0 Å². The summed E-state index contributed by atoms with van der Waals surface area (Å²) in [5, 5.41) is 10.5. The Hall–Kier alpha value is -2.00. The summed E-state index contributed by atoms with van der Waals surface area (Å²) >= 11 is 0. The molecule has 0 saturated carbocycles. The predicted molar refractivity (Wildman–Crippen MR) is 82.3 cm³/mol. The minimum Gasteiger partial charge on any atom is -0.496 e. The third-order valence-corrected chi connectivity index (χ3v) is 3.39. The highest BCUT2D eigenvalue weighted by atomic mass is 16.5. The van der Waals surface area contributed by atoms with E-state index in [1.807, 2.05) is 42.5 Å². The van der Waals surface area contributed by atoms with Gasteiger partial charge in [-0.2, -0.15) is 0 Å². The van der Waals surface area contributed by atoms with E-state index in [4.69, 9.17) is 4.74 Å². The van der Waals surface area contributed by atoms with E-state index in [9.17, 15) is 5.11 Å². The molecule has 2 rings (SSSR count). The SMILES string of the molecule is CCN(CC(O)c1ccccc1OC)c1ccccc1. The summed E-state index contributed by atoms with van der Waals surface area (Å²) in [6.07, 6.45) is -0.577. The molecule has 3 nitrogen and oxygen atoms in total. The van der Waals surface area contributed by atoms with Crippen molar-refractivity contribution in [2.75, 3.05) is 25.1 Å². The first-order valence-electron chi connectivity index (χ1n) is 6.87. The van der Waals surface area contributed by atoms with Crippen LogP contribution in [0.15, 0.2) is 54.6 Å². The van der Waals surface area contributed by atoms with E-state index in [2.05, 4.69) is 24.0 Å². The molecular weight excluding hydrogens is 250 g/mol. The molecule has 2 aromatic carbocycles. The summed E-state index contributed by atoms with van der Waals surface area (Å²) in [5.74, 6) is 0.726. The van der Waals surface area contributed by atoms with Gasteiger partial charge in [0.1, 0.15) is 11.9 Å². The molecule has 0 spiro atoms. The van der Waals surface area contributed by atoms with Gasteiger partial charge in [-0.05, 0) is 25.1 Å². The molecule has 0 fully saturated rings. The molecule has 3 heteroatoms. The van der Waals surface area contributed by atoms with E-state index in [0.29, 0.717) is 6.54 Å². The van der Waals surface area contributed by atoms with Gasteiger partial charge < -0.3 is 14.7 Å². The van der Waals surface area contributed by atoms with Crippen LogP contribution in [0.1, 0.15) is 18.6 Å². The van der Waals surface area contributed by atoms with Crippen molar-refractivity contribution in [3.63, 3.8) is 0 Å². The van der Waals surface area contributed by atoms with Crippen LogP contribution >= 0.6 is 0 Å². The molecule has 0 aliphatic heterocycles. The van der Waals surface area contributed by atoms with Gasteiger partial charge in [0, 0.05) is 24.3 Å². The van der Waals surface area contributed by atoms with Gasteiger partial charge in [-0.15, -0.1) is 0 Å². The molecule has 1 N–H and O–H groups in total. The first-order valence-corrected chi connectivity index (χ1v) is 6.87. The zero-order valence-corrected chi connectivity index (χ0v) is 12.0. The van der Waals surface area contributed by atoms with Crippen LogP contribution in [0.5, 0.6) is 5.75 Å². The highest BCUT2D eigenvalue weighted by Gasteiger charge is 2.16. The lowest BCUT2D eigenvalue weighted by atomic mass is 10.1. The largest absolute Gasteiger partial charge is 0.496 e. The maximum Gasteiger partial charge on any atom is 0.124 e. The van der Waals surface area contributed by atoms with Crippen LogP contribution in [-0.2, 0) is 0 Å². The maximum atomic E-state index is 10.5. The Morgan fingerprint density at radius 2 is 1.70 bits per heavy atom. The first-order chi connectivity index (χ1) is 9.76. The summed E-state index contributed by atoms with van der Waals surface area (Å²) in [7, 11) is 1.63. The number of benzene rings is 2. The van der Waals surface area contributed by atoms with Gasteiger partial charge in [-0.1, -0.05) is 36.4 Å². The fourth-order valence-electron chi connectivity index (χ4n) is 2.30. The van der Waals surface area contributed by atoms with Crippen molar-refractivity contribution in [1.82, 2.24) is 0 Å². The Balaban J connectivity index is 2.15. The third kappa shape index (κ3) is 3.31. The van der Waals surface area contributed by atoms with Crippen molar-refractivity contribution in [3.05, 3.63) is 60.2 Å². The van der Waals surface area contributed by atoms with Gasteiger partial charge in [0.25, 0.3) is 0 Å². The lowest BCUT2D eigenvalue weighted by molar-refractivity contribution is 0.179. The van der Waals surface area contributed by atoms with E-state index < -0.39 is 6.10 Å². The number of hydrogen-bond donors (Lipinski definition) is 1. The molecule has 1 unspecified atom stereocenters. The quantitative estimate of drug-likeness (QED) is 0.875. The molecule has 2 aromatic rings. The van der Waals surface area contributed by atoms with Gasteiger partial charge in [-0.3, -0.25) is 0 Å². The summed E-state index contributed by atoms with van der Waals surface area (Å²) in [4.78, 5) is 2.15. The lowest BCUT2D eigenvalue weighted by Crippen LogP contribution is -2.28. The number of nitrogens with zero attached hydrogens (tertiary/aromatic N) is 1.